The fourth-order valence-electron chi connectivity index (χ4n) is 3.01. The van der Waals surface area contributed by atoms with E-state index in [0.717, 1.165) is 16.1 Å². The number of phenols is 1. The molecule has 3 N–H and O–H groups in total. The van der Waals surface area contributed by atoms with Crippen LogP contribution in [0.4, 0.5) is 16.6 Å². The number of ether oxygens (including phenoxy) is 1. The van der Waals surface area contributed by atoms with Crippen molar-refractivity contribution >= 4 is 33.9 Å². The summed E-state index contributed by atoms with van der Waals surface area (Å²) in [5, 5.41) is 16.9. The molecule has 0 spiro atoms. The van der Waals surface area contributed by atoms with Gasteiger partial charge in [0.1, 0.15) is 5.82 Å². The van der Waals surface area contributed by atoms with Crippen LogP contribution in [0.5, 0.6) is 11.5 Å². The molecule has 3 aromatic rings. The van der Waals surface area contributed by atoms with Crippen molar-refractivity contribution < 1.29 is 14.6 Å². The largest absolute Gasteiger partial charge is 0.504 e. The summed E-state index contributed by atoms with van der Waals surface area (Å²) in [6.45, 7) is 0. The molecule has 0 saturated heterocycles. The Morgan fingerprint density at radius 1 is 1.27 bits per heavy atom. The SMILES string of the molecule is COc1ccc([C@H]2CC(=O)Nc3nc(Nc4ccccc4)sc32)cc1O. The number of nitrogens with one attached hydrogen (secondary N) is 2. The summed E-state index contributed by atoms with van der Waals surface area (Å²) >= 11 is 1.50. The number of carbonyl (C=O) groups excluding carboxylic acids is 1. The second-order valence-corrected chi connectivity index (χ2v) is 6.99. The maximum absolute atomic E-state index is 12.1. The van der Waals surface area contributed by atoms with Crippen molar-refractivity contribution in [3.05, 3.63) is 59.0 Å². The maximum Gasteiger partial charge on any atom is 0.226 e. The van der Waals surface area contributed by atoms with E-state index in [-0.39, 0.29) is 17.6 Å². The Bertz CT molecular complexity index is 956. The highest BCUT2D eigenvalue weighted by Crippen LogP contribution is 2.44. The molecule has 0 radical (unpaired) electrons. The normalized spacial score (nSPS) is 15.9. The Balaban J connectivity index is 1.69. The lowest BCUT2D eigenvalue weighted by atomic mass is 9.91. The van der Waals surface area contributed by atoms with Gasteiger partial charge in [-0.15, -0.1) is 0 Å². The fourth-order valence-corrected chi connectivity index (χ4v) is 4.08. The minimum Gasteiger partial charge on any atom is -0.504 e. The van der Waals surface area contributed by atoms with Gasteiger partial charge in [0.05, 0.1) is 12.0 Å². The number of nitrogens with zero attached hydrogens (tertiary/aromatic N) is 1. The topological polar surface area (TPSA) is 83.5 Å². The van der Waals surface area contributed by atoms with E-state index in [1.807, 2.05) is 36.4 Å². The van der Waals surface area contributed by atoms with Gasteiger partial charge in [0.25, 0.3) is 0 Å². The molecule has 0 aliphatic carbocycles. The van der Waals surface area contributed by atoms with Crippen molar-refractivity contribution in [3.63, 3.8) is 0 Å². The first kappa shape index (κ1) is 16.4. The van der Waals surface area contributed by atoms with Crippen molar-refractivity contribution in [2.45, 2.75) is 12.3 Å². The molecule has 2 aromatic carbocycles. The van der Waals surface area contributed by atoms with Crippen LogP contribution in [0.15, 0.2) is 48.5 Å². The minimum atomic E-state index is -0.153. The molecule has 0 bridgehead atoms. The van der Waals surface area contributed by atoms with E-state index in [2.05, 4.69) is 15.6 Å². The zero-order valence-corrected chi connectivity index (χ0v) is 14.8. The second kappa shape index (κ2) is 6.68. The monoisotopic (exact) mass is 367 g/mol. The molecular formula is C19H17N3O3S. The van der Waals surface area contributed by atoms with Crippen molar-refractivity contribution in [1.82, 2.24) is 4.98 Å². The molecule has 1 atom stereocenters. The molecule has 132 valence electrons. The van der Waals surface area contributed by atoms with Gasteiger partial charge >= 0.3 is 0 Å². The van der Waals surface area contributed by atoms with Crippen LogP contribution in [-0.2, 0) is 4.79 Å². The minimum absolute atomic E-state index is 0.0599. The van der Waals surface area contributed by atoms with E-state index in [1.165, 1.54) is 18.4 Å². The third kappa shape index (κ3) is 3.09. The first-order valence-corrected chi connectivity index (χ1v) is 8.95. The number of amides is 1. The highest BCUT2D eigenvalue weighted by Gasteiger charge is 2.30. The lowest BCUT2D eigenvalue weighted by Crippen LogP contribution is -2.22. The molecule has 6 nitrogen and oxygen atoms in total. The van der Waals surface area contributed by atoms with E-state index < -0.39 is 0 Å². The predicted octanol–water partition coefficient (Wildman–Crippen LogP) is 4.08. The third-order valence-corrected chi connectivity index (χ3v) is 5.33. The van der Waals surface area contributed by atoms with Crippen molar-refractivity contribution in [3.8, 4) is 11.5 Å². The smallest absolute Gasteiger partial charge is 0.226 e. The number of thiazole rings is 1. The number of para-hydroxylation sites is 1. The van der Waals surface area contributed by atoms with E-state index in [0.29, 0.717) is 23.1 Å². The van der Waals surface area contributed by atoms with Crippen LogP contribution in [0.1, 0.15) is 22.8 Å². The average Bonchev–Trinajstić information content (AvgIpc) is 3.03. The number of aromatic hydroxyl groups is 1. The summed E-state index contributed by atoms with van der Waals surface area (Å²) in [6, 6.07) is 15.0. The molecule has 2 heterocycles. The standard InChI is InChI=1S/C19H17N3O3S/c1-25-15-8-7-11(9-14(15)23)13-10-16(24)21-18-17(13)26-19(22-18)20-12-5-3-2-4-6-12/h2-9,13,23H,10H2,1H3,(H,20,22)(H,21,24)/t13-/m1/s1. The molecule has 0 fully saturated rings. The molecule has 1 aliphatic rings. The van der Waals surface area contributed by atoms with Gasteiger partial charge in [0.15, 0.2) is 16.6 Å². The fraction of sp³-hybridized carbons (Fsp3) is 0.158. The summed E-state index contributed by atoms with van der Waals surface area (Å²) in [7, 11) is 1.51. The van der Waals surface area contributed by atoms with Crippen molar-refractivity contribution in [1.29, 1.82) is 0 Å². The highest BCUT2D eigenvalue weighted by molar-refractivity contribution is 7.16. The molecule has 26 heavy (non-hydrogen) atoms. The summed E-state index contributed by atoms with van der Waals surface area (Å²) in [4.78, 5) is 17.6. The summed E-state index contributed by atoms with van der Waals surface area (Å²) in [5.41, 5.74) is 1.79. The van der Waals surface area contributed by atoms with Crippen LogP contribution in [0.3, 0.4) is 0 Å². The first-order chi connectivity index (χ1) is 12.6. The summed E-state index contributed by atoms with van der Waals surface area (Å²) in [6.07, 6.45) is 0.311. The molecule has 7 heteroatoms. The molecule has 1 aromatic heterocycles. The van der Waals surface area contributed by atoms with Gasteiger partial charge in [-0.1, -0.05) is 35.6 Å². The van der Waals surface area contributed by atoms with Gasteiger partial charge in [0, 0.05) is 18.0 Å². The van der Waals surface area contributed by atoms with Crippen LogP contribution in [0.25, 0.3) is 0 Å². The van der Waals surface area contributed by atoms with Crippen LogP contribution in [-0.4, -0.2) is 23.1 Å². The van der Waals surface area contributed by atoms with Gasteiger partial charge < -0.3 is 20.5 Å². The number of methoxy groups -OCH3 is 1. The van der Waals surface area contributed by atoms with Gasteiger partial charge in [-0.25, -0.2) is 4.98 Å². The van der Waals surface area contributed by atoms with E-state index in [1.54, 1.807) is 12.1 Å². The van der Waals surface area contributed by atoms with Gasteiger partial charge in [-0.2, -0.15) is 0 Å². The number of rotatable bonds is 4. The number of fused-ring (bicyclic) bond motifs is 1. The maximum atomic E-state index is 12.1. The average molecular weight is 367 g/mol. The predicted molar refractivity (Wildman–Crippen MR) is 102 cm³/mol. The number of aromatic nitrogens is 1. The first-order valence-electron chi connectivity index (χ1n) is 8.13. The molecule has 0 saturated carbocycles. The molecule has 4 rings (SSSR count). The van der Waals surface area contributed by atoms with E-state index >= 15 is 0 Å². The van der Waals surface area contributed by atoms with Crippen molar-refractivity contribution in [2.24, 2.45) is 0 Å². The van der Waals surface area contributed by atoms with Crippen LogP contribution < -0.4 is 15.4 Å². The molecular weight excluding hydrogens is 350 g/mol. The number of phenolic OH excluding ortho intramolecular Hbond substituents is 1. The van der Waals surface area contributed by atoms with Crippen LogP contribution >= 0.6 is 11.3 Å². The second-order valence-electron chi connectivity index (χ2n) is 5.96. The number of benzene rings is 2. The van der Waals surface area contributed by atoms with Gasteiger partial charge in [0.2, 0.25) is 5.91 Å². The van der Waals surface area contributed by atoms with E-state index in [4.69, 9.17) is 4.74 Å². The Morgan fingerprint density at radius 2 is 2.08 bits per heavy atom. The Hall–Kier alpha value is -3.06. The zero-order valence-electron chi connectivity index (χ0n) is 14.0. The number of carbonyl (C=O) groups is 1. The number of hydrogen-bond donors (Lipinski definition) is 3. The van der Waals surface area contributed by atoms with Gasteiger partial charge in [-0.05, 0) is 29.8 Å². The van der Waals surface area contributed by atoms with E-state index in [9.17, 15) is 9.90 Å². The number of hydrogen-bond acceptors (Lipinski definition) is 6. The highest BCUT2D eigenvalue weighted by atomic mass is 32.1. The Labute approximate surface area is 154 Å². The lowest BCUT2D eigenvalue weighted by Gasteiger charge is -2.22. The Morgan fingerprint density at radius 3 is 2.81 bits per heavy atom. The lowest BCUT2D eigenvalue weighted by molar-refractivity contribution is -0.116. The molecule has 1 aliphatic heterocycles. The van der Waals surface area contributed by atoms with Crippen LogP contribution in [0, 0.1) is 0 Å². The zero-order chi connectivity index (χ0) is 18.1. The Kier molecular flexibility index (Phi) is 4.22. The quantitative estimate of drug-likeness (QED) is 0.647. The molecule has 0 unspecified atom stereocenters. The summed E-state index contributed by atoms with van der Waals surface area (Å²) in [5.74, 6) is 0.799. The number of anilines is 3. The third-order valence-electron chi connectivity index (χ3n) is 4.25. The van der Waals surface area contributed by atoms with Crippen molar-refractivity contribution in [2.75, 3.05) is 17.7 Å². The summed E-state index contributed by atoms with van der Waals surface area (Å²) < 4.78 is 5.10. The van der Waals surface area contributed by atoms with Gasteiger partial charge in [-0.3, -0.25) is 4.79 Å². The molecule has 1 amide bonds. The van der Waals surface area contributed by atoms with Crippen LogP contribution in [0.2, 0.25) is 0 Å².